The van der Waals surface area contributed by atoms with Crippen molar-refractivity contribution in [1.82, 2.24) is 0 Å². The van der Waals surface area contributed by atoms with Gasteiger partial charge in [0.1, 0.15) is 7.11 Å². The smallest absolute Gasteiger partial charge is 0.283 e. The summed E-state index contributed by atoms with van der Waals surface area (Å²) >= 11 is 7.47. The van der Waals surface area contributed by atoms with Crippen LogP contribution in [0.15, 0.2) is 52.5 Å². The van der Waals surface area contributed by atoms with Crippen LogP contribution in [0.4, 0.5) is 5.69 Å². The first kappa shape index (κ1) is 16.3. The van der Waals surface area contributed by atoms with Crippen LogP contribution in [0, 0.1) is 10.1 Å². The molecule has 5 nitrogen and oxygen atoms in total. The maximum absolute atomic E-state index is 11.2. The largest absolute Gasteiger partial charge is 0.399 e. The van der Waals surface area contributed by atoms with Crippen molar-refractivity contribution in [3.05, 3.63) is 68.7 Å². The summed E-state index contributed by atoms with van der Waals surface area (Å²) in [5.74, 6) is 0.562. The standard InChI is InChI=1S/C15H13ClN2O3S/c1-21-17-9-11-6-7-15(14(8-11)18(19)20)22-10-12-4-2-3-5-13(12)16/h2-9H,10H2,1H3/b17-9+. The molecule has 0 saturated heterocycles. The minimum absolute atomic E-state index is 0.0390. The van der Waals surface area contributed by atoms with E-state index >= 15 is 0 Å². The summed E-state index contributed by atoms with van der Waals surface area (Å²) in [5, 5.41) is 15.5. The highest BCUT2D eigenvalue weighted by Crippen LogP contribution is 2.33. The molecule has 0 heterocycles. The van der Waals surface area contributed by atoms with E-state index in [0.717, 1.165) is 5.56 Å². The number of thioether (sulfide) groups is 1. The van der Waals surface area contributed by atoms with Crippen molar-refractivity contribution in [2.75, 3.05) is 7.11 Å². The molecule has 0 aromatic heterocycles. The van der Waals surface area contributed by atoms with Crippen molar-refractivity contribution < 1.29 is 9.76 Å². The lowest BCUT2D eigenvalue weighted by Crippen LogP contribution is -1.94. The molecule has 0 spiro atoms. The number of nitrogens with zero attached hydrogens (tertiary/aromatic N) is 2. The lowest BCUT2D eigenvalue weighted by Gasteiger charge is -2.05. The minimum atomic E-state index is -0.404. The van der Waals surface area contributed by atoms with Gasteiger partial charge < -0.3 is 4.84 Å². The molecule has 0 atom stereocenters. The maximum atomic E-state index is 11.2. The van der Waals surface area contributed by atoms with Crippen LogP contribution in [0.5, 0.6) is 0 Å². The van der Waals surface area contributed by atoms with E-state index in [4.69, 9.17) is 11.6 Å². The van der Waals surface area contributed by atoms with Crippen LogP contribution in [0.3, 0.4) is 0 Å². The number of oxime groups is 1. The highest BCUT2D eigenvalue weighted by Gasteiger charge is 2.15. The Morgan fingerprint density at radius 1 is 1.36 bits per heavy atom. The van der Waals surface area contributed by atoms with Gasteiger partial charge in [-0.15, -0.1) is 11.8 Å². The number of hydrogen-bond acceptors (Lipinski definition) is 5. The van der Waals surface area contributed by atoms with Crippen LogP contribution >= 0.6 is 23.4 Å². The Morgan fingerprint density at radius 2 is 2.14 bits per heavy atom. The van der Waals surface area contributed by atoms with E-state index in [1.165, 1.54) is 31.2 Å². The molecule has 2 aromatic carbocycles. The molecule has 2 rings (SSSR count). The van der Waals surface area contributed by atoms with E-state index in [1.807, 2.05) is 18.2 Å². The van der Waals surface area contributed by atoms with E-state index < -0.39 is 4.92 Å². The first-order valence-corrected chi connectivity index (χ1v) is 7.69. The second-order valence-electron chi connectivity index (χ2n) is 4.28. The number of nitro groups is 1. The molecule has 0 aliphatic rings. The number of rotatable bonds is 6. The van der Waals surface area contributed by atoms with Crippen LogP contribution in [0.2, 0.25) is 5.02 Å². The fraction of sp³-hybridized carbons (Fsp3) is 0.133. The summed E-state index contributed by atoms with van der Waals surface area (Å²) in [6, 6.07) is 12.4. The molecule has 0 radical (unpaired) electrons. The molecular weight excluding hydrogens is 324 g/mol. The molecule has 0 aliphatic carbocycles. The van der Waals surface area contributed by atoms with Gasteiger partial charge in [-0.1, -0.05) is 41.0 Å². The van der Waals surface area contributed by atoms with Crippen molar-refractivity contribution in [2.24, 2.45) is 5.16 Å². The molecule has 0 unspecified atom stereocenters. The molecule has 0 saturated carbocycles. The van der Waals surface area contributed by atoms with Crippen LogP contribution in [-0.4, -0.2) is 18.2 Å². The topological polar surface area (TPSA) is 64.7 Å². The van der Waals surface area contributed by atoms with Gasteiger partial charge in [0.2, 0.25) is 0 Å². The van der Waals surface area contributed by atoms with Gasteiger partial charge in [-0.3, -0.25) is 10.1 Å². The summed E-state index contributed by atoms with van der Waals surface area (Å²) in [4.78, 5) is 16.0. The predicted octanol–water partition coefficient (Wildman–Crippen LogP) is 4.52. The van der Waals surface area contributed by atoms with E-state index in [9.17, 15) is 10.1 Å². The average molecular weight is 337 g/mol. The van der Waals surface area contributed by atoms with Crippen molar-refractivity contribution in [3.63, 3.8) is 0 Å². The number of halogens is 1. The third-order valence-corrected chi connectivity index (χ3v) is 4.31. The quantitative estimate of drug-likeness (QED) is 0.336. The van der Waals surface area contributed by atoms with Gasteiger partial charge in [0.05, 0.1) is 16.0 Å². The normalized spacial score (nSPS) is 10.8. The zero-order valence-corrected chi connectivity index (χ0v) is 13.3. The van der Waals surface area contributed by atoms with Crippen molar-refractivity contribution in [1.29, 1.82) is 0 Å². The van der Waals surface area contributed by atoms with Crippen LogP contribution in [0.1, 0.15) is 11.1 Å². The lowest BCUT2D eigenvalue weighted by molar-refractivity contribution is -0.387. The SMILES string of the molecule is CO/N=C/c1ccc(SCc2ccccc2Cl)c([N+](=O)[O-])c1. The fourth-order valence-corrected chi connectivity index (χ4v) is 3.05. The molecule has 114 valence electrons. The van der Waals surface area contributed by atoms with Crippen LogP contribution in [-0.2, 0) is 10.6 Å². The van der Waals surface area contributed by atoms with E-state index in [2.05, 4.69) is 9.99 Å². The Labute approximate surface area is 137 Å². The van der Waals surface area contributed by atoms with Gasteiger partial charge in [0, 0.05) is 22.4 Å². The second kappa shape index (κ2) is 7.82. The van der Waals surface area contributed by atoms with Crippen molar-refractivity contribution in [2.45, 2.75) is 10.6 Å². The summed E-state index contributed by atoms with van der Waals surface area (Å²) in [7, 11) is 1.42. The Kier molecular flexibility index (Phi) is 5.80. The van der Waals surface area contributed by atoms with Crippen LogP contribution in [0.25, 0.3) is 0 Å². The fourth-order valence-electron chi connectivity index (χ4n) is 1.76. The minimum Gasteiger partial charge on any atom is -0.399 e. The van der Waals surface area contributed by atoms with Gasteiger partial charge >= 0.3 is 0 Å². The molecule has 0 N–H and O–H groups in total. The summed E-state index contributed by atoms with van der Waals surface area (Å²) < 4.78 is 0. The van der Waals surface area contributed by atoms with E-state index in [1.54, 1.807) is 18.2 Å². The van der Waals surface area contributed by atoms with Gasteiger partial charge in [0.15, 0.2) is 0 Å². The molecule has 0 fully saturated rings. The molecule has 22 heavy (non-hydrogen) atoms. The first-order chi connectivity index (χ1) is 10.6. The molecule has 0 aliphatic heterocycles. The monoisotopic (exact) mass is 336 g/mol. The van der Waals surface area contributed by atoms with Crippen LogP contribution < -0.4 is 0 Å². The Morgan fingerprint density at radius 3 is 2.82 bits per heavy atom. The third kappa shape index (κ3) is 4.22. The number of benzene rings is 2. The lowest BCUT2D eigenvalue weighted by atomic mass is 10.2. The number of hydrogen-bond donors (Lipinski definition) is 0. The summed E-state index contributed by atoms with van der Waals surface area (Å²) in [5.41, 5.74) is 1.58. The van der Waals surface area contributed by atoms with E-state index in [0.29, 0.717) is 21.2 Å². The van der Waals surface area contributed by atoms with Gasteiger partial charge in [-0.2, -0.15) is 0 Å². The summed E-state index contributed by atoms with van der Waals surface area (Å²) in [6.07, 6.45) is 1.43. The van der Waals surface area contributed by atoms with Gasteiger partial charge in [-0.25, -0.2) is 0 Å². The highest BCUT2D eigenvalue weighted by molar-refractivity contribution is 7.98. The third-order valence-electron chi connectivity index (χ3n) is 2.83. The number of nitro benzene ring substituents is 1. The van der Waals surface area contributed by atoms with E-state index in [-0.39, 0.29) is 5.69 Å². The Balaban J connectivity index is 2.21. The molecule has 7 heteroatoms. The van der Waals surface area contributed by atoms with Crippen molar-refractivity contribution in [3.8, 4) is 0 Å². The zero-order chi connectivity index (χ0) is 15.9. The zero-order valence-electron chi connectivity index (χ0n) is 11.7. The Hall–Kier alpha value is -2.05. The Bertz CT molecular complexity index is 707. The summed E-state index contributed by atoms with van der Waals surface area (Å²) in [6.45, 7) is 0. The molecule has 2 aromatic rings. The molecule has 0 bridgehead atoms. The highest BCUT2D eigenvalue weighted by atomic mass is 35.5. The first-order valence-electron chi connectivity index (χ1n) is 6.33. The maximum Gasteiger partial charge on any atom is 0.283 e. The van der Waals surface area contributed by atoms with Crippen molar-refractivity contribution >= 4 is 35.3 Å². The van der Waals surface area contributed by atoms with Gasteiger partial charge in [0.25, 0.3) is 5.69 Å². The predicted molar refractivity (Wildman–Crippen MR) is 88.7 cm³/mol. The van der Waals surface area contributed by atoms with Gasteiger partial charge in [-0.05, 0) is 17.7 Å². The average Bonchev–Trinajstić information content (AvgIpc) is 2.52. The second-order valence-corrected chi connectivity index (χ2v) is 5.71. The molecular formula is C15H13ClN2O3S. The molecule has 0 amide bonds.